The van der Waals surface area contributed by atoms with Crippen LogP contribution in [0.4, 0.5) is 14.5 Å². The zero-order valence-electron chi connectivity index (χ0n) is 15.9. The van der Waals surface area contributed by atoms with Gasteiger partial charge in [0.1, 0.15) is 24.0 Å². The van der Waals surface area contributed by atoms with Crippen molar-refractivity contribution in [3.63, 3.8) is 0 Å². The Labute approximate surface area is 190 Å². The fraction of sp³-hybridized carbons (Fsp3) is 0.0435. The Hall–Kier alpha value is -2.97. The van der Waals surface area contributed by atoms with Crippen molar-refractivity contribution in [3.8, 4) is 5.75 Å². The quantitative estimate of drug-likeness (QED) is 0.424. The number of amides is 1. The number of amidine groups is 1. The molecule has 4 rings (SSSR count). The van der Waals surface area contributed by atoms with Gasteiger partial charge in [-0.15, -0.1) is 0 Å². The molecule has 1 heterocycles. The van der Waals surface area contributed by atoms with E-state index < -0.39 is 0 Å². The molecule has 1 aliphatic heterocycles. The van der Waals surface area contributed by atoms with Crippen LogP contribution in [0.25, 0.3) is 6.08 Å². The van der Waals surface area contributed by atoms with Gasteiger partial charge in [-0.05, 0) is 93.4 Å². The van der Waals surface area contributed by atoms with Crippen LogP contribution in [0.2, 0.25) is 0 Å². The van der Waals surface area contributed by atoms with E-state index in [2.05, 4.69) is 26.2 Å². The van der Waals surface area contributed by atoms with Gasteiger partial charge < -0.3 is 10.1 Å². The number of carbonyl (C=O) groups excluding carboxylic acids is 1. The predicted molar refractivity (Wildman–Crippen MR) is 122 cm³/mol. The molecule has 1 aliphatic rings. The van der Waals surface area contributed by atoms with Crippen LogP contribution in [0.3, 0.4) is 0 Å². The summed E-state index contributed by atoms with van der Waals surface area (Å²) in [6, 6.07) is 17.4. The minimum Gasteiger partial charge on any atom is -0.488 e. The van der Waals surface area contributed by atoms with Gasteiger partial charge in [0.15, 0.2) is 5.17 Å². The summed E-state index contributed by atoms with van der Waals surface area (Å²) in [7, 11) is 0. The standard InChI is InChI=1S/C23H15BrF2N2O2S/c24-19-11-14(4-9-20(19)30-13-15-2-1-3-17(26)10-15)12-21-22(29)28-23(31-21)27-18-7-5-16(25)6-8-18/h1-12H,13H2,(H,27,28,29)/b21-12+. The van der Waals surface area contributed by atoms with Gasteiger partial charge in [-0.3, -0.25) is 4.79 Å². The third kappa shape index (κ3) is 5.59. The van der Waals surface area contributed by atoms with Crippen molar-refractivity contribution in [2.45, 2.75) is 6.61 Å². The second-order valence-corrected chi connectivity index (χ2v) is 8.45. The molecule has 4 nitrogen and oxygen atoms in total. The number of carbonyl (C=O) groups is 1. The van der Waals surface area contributed by atoms with Crippen molar-refractivity contribution in [1.29, 1.82) is 0 Å². The van der Waals surface area contributed by atoms with Crippen molar-refractivity contribution in [3.05, 3.63) is 98.9 Å². The lowest BCUT2D eigenvalue weighted by Crippen LogP contribution is -2.19. The third-order valence-corrected chi connectivity index (χ3v) is 5.77. The summed E-state index contributed by atoms with van der Waals surface area (Å²) in [5.41, 5.74) is 2.07. The van der Waals surface area contributed by atoms with Gasteiger partial charge in [0, 0.05) is 0 Å². The normalized spacial score (nSPS) is 16.0. The molecule has 31 heavy (non-hydrogen) atoms. The Bertz CT molecular complexity index is 1200. The highest BCUT2D eigenvalue weighted by Gasteiger charge is 2.23. The third-order valence-electron chi connectivity index (χ3n) is 4.25. The average Bonchev–Trinajstić information content (AvgIpc) is 3.08. The minimum atomic E-state index is -0.346. The van der Waals surface area contributed by atoms with Gasteiger partial charge in [0.05, 0.1) is 15.1 Å². The Kier molecular flexibility index (Phi) is 6.48. The van der Waals surface area contributed by atoms with E-state index in [0.717, 1.165) is 11.1 Å². The number of halogens is 3. The maximum Gasteiger partial charge on any atom is 0.264 e. The van der Waals surface area contributed by atoms with E-state index in [1.54, 1.807) is 24.3 Å². The van der Waals surface area contributed by atoms with Crippen LogP contribution < -0.4 is 10.1 Å². The summed E-state index contributed by atoms with van der Waals surface area (Å²) in [5, 5.41) is 3.13. The number of nitrogens with zero attached hydrogens (tertiary/aromatic N) is 1. The van der Waals surface area contributed by atoms with E-state index in [0.29, 0.717) is 26.0 Å². The van der Waals surface area contributed by atoms with Gasteiger partial charge in [0.25, 0.3) is 5.91 Å². The van der Waals surface area contributed by atoms with E-state index in [1.807, 2.05) is 12.1 Å². The number of rotatable bonds is 5. The average molecular weight is 501 g/mol. The number of benzene rings is 3. The van der Waals surface area contributed by atoms with E-state index in [9.17, 15) is 13.6 Å². The first-order valence-electron chi connectivity index (χ1n) is 9.18. The minimum absolute atomic E-state index is 0.234. The Morgan fingerprint density at radius 1 is 1.03 bits per heavy atom. The SMILES string of the molecule is O=C1NC(=Nc2ccc(F)cc2)S/C1=C/c1ccc(OCc2cccc(F)c2)c(Br)c1. The fourth-order valence-electron chi connectivity index (χ4n) is 2.78. The van der Waals surface area contributed by atoms with Crippen molar-refractivity contribution >= 4 is 50.5 Å². The molecule has 0 unspecified atom stereocenters. The molecule has 0 bridgehead atoms. The van der Waals surface area contributed by atoms with Crippen molar-refractivity contribution in [2.24, 2.45) is 4.99 Å². The highest BCUT2D eigenvalue weighted by molar-refractivity contribution is 9.10. The van der Waals surface area contributed by atoms with Crippen LogP contribution in [0.1, 0.15) is 11.1 Å². The second-order valence-electron chi connectivity index (χ2n) is 6.57. The highest BCUT2D eigenvalue weighted by Crippen LogP contribution is 2.31. The lowest BCUT2D eigenvalue weighted by molar-refractivity contribution is -0.115. The Morgan fingerprint density at radius 2 is 1.84 bits per heavy atom. The fourth-order valence-corrected chi connectivity index (χ4v) is 4.13. The van der Waals surface area contributed by atoms with Crippen LogP contribution in [-0.2, 0) is 11.4 Å². The number of thioether (sulfide) groups is 1. The molecule has 156 valence electrons. The van der Waals surface area contributed by atoms with Gasteiger partial charge in [-0.25, -0.2) is 13.8 Å². The topological polar surface area (TPSA) is 50.7 Å². The van der Waals surface area contributed by atoms with Crippen molar-refractivity contribution in [2.75, 3.05) is 0 Å². The maximum absolute atomic E-state index is 13.3. The molecule has 0 aromatic heterocycles. The molecule has 0 saturated carbocycles. The molecule has 1 fully saturated rings. The van der Waals surface area contributed by atoms with E-state index in [-0.39, 0.29) is 24.1 Å². The van der Waals surface area contributed by atoms with Crippen LogP contribution in [0.15, 0.2) is 81.1 Å². The summed E-state index contributed by atoms with van der Waals surface area (Å²) >= 11 is 4.68. The smallest absolute Gasteiger partial charge is 0.264 e. The van der Waals surface area contributed by atoms with Crippen molar-refractivity contribution in [1.82, 2.24) is 5.32 Å². The number of hydrogen-bond acceptors (Lipinski definition) is 4. The molecule has 3 aromatic carbocycles. The molecule has 3 aromatic rings. The first-order valence-corrected chi connectivity index (χ1v) is 10.8. The van der Waals surface area contributed by atoms with Gasteiger partial charge in [0.2, 0.25) is 0 Å². The second kappa shape index (κ2) is 9.45. The van der Waals surface area contributed by atoms with Crippen molar-refractivity contribution < 1.29 is 18.3 Å². The zero-order valence-corrected chi connectivity index (χ0v) is 18.3. The van der Waals surface area contributed by atoms with Crippen LogP contribution >= 0.6 is 27.7 Å². The van der Waals surface area contributed by atoms with E-state index in [1.165, 1.54) is 48.2 Å². The van der Waals surface area contributed by atoms with Gasteiger partial charge in [-0.2, -0.15) is 0 Å². The molecule has 0 atom stereocenters. The molecule has 0 spiro atoms. The lowest BCUT2D eigenvalue weighted by atomic mass is 10.2. The summed E-state index contributed by atoms with van der Waals surface area (Å²) in [4.78, 5) is 17.1. The number of nitrogens with one attached hydrogen (secondary N) is 1. The lowest BCUT2D eigenvalue weighted by Gasteiger charge is -2.09. The van der Waals surface area contributed by atoms with Gasteiger partial charge in [-0.1, -0.05) is 18.2 Å². The predicted octanol–water partition coefficient (Wildman–Crippen LogP) is 6.20. The molecule has 1 amide bonds. The molecule has 8 heteroatoms. The monoisotopic (exact) mass is 500 g/mol. The largest absolute Gasteiger partial charge is 0.488 e. The van der Waals surface area contributed by atoms with Crippen LogP contribution in [-0.4, -0.2) is 11.1 Å². The van der Waals surface area contributed by atoms with Gasteiger partial charge >= 0.3 is 0 Å². The molecule has 1 N–H and O–H groups in total. The first kappa shape index (κ1) is 21.3. The molecule has 1 saturated heterocycles. The summed E-state index contributed by atoms with van der Waals surface area (Å²) in [5.74, 6) is -0.305. The summed E-state index contributed by atoms with van der Waals surface area (Å²) in [6.07, 6.45) is 1.74. The molecular weight excluding hydrogens is 486 g/mol. The van der Waals surface area contributed by atoms with E-state index >= 15 is 0 Å². The highest BCUT2D eigenvalue weighted by atomic mass is 79.9. The number of hydrogen-bond donors (Lipinski definition) is 1. The summed E-state index contributed by atoms with van der Waals surface area (Å²) in [6.45, 7) is 0.234. The van der Waals surface area contributed by atoms with Crippen LogP contribution in [0, 0.1) is 11.6 Å². The Morgan fingerprint density at radius 3 is 2.58 bits per heavy atom. The maximum atomic E-state index is 13.3. The summed E-state index contributed by atoms with van der Waals surface area (Å²) < 4.78 is 32.8. The van der Waals surface area contributed by atoms with Crippen LogP contribution in [0.5, 0.6) is 5.75 Å². The molecular formula is C23H15BrF2N2O2S. The molecule has 0 radical (unpaired) electrons. The number of ether oxygens (including phenoxy) is 1. The Balaban J connectivity index is 1.45. The molecule has 0 aliphatic carbocycles. The number of aliphatic imine (C=N–C) groups is 1. The zero-order chi connectivity index (χ0) is 21.8. The van der Waals surface area contributed by atoms with E-state index in [4.69, 9.17) is 4.74 Å². The first-order chi connectivity index (χ1) is 15.0.